The number of sulfonamides is 1. The van der Waals surface area contributed by atoms with Gasteiger partial charge >= 0.3 is 5.97 Å². The van der Waals surface area contributed by atoms with Crippen molar-refractivity contribution < 1.29 is 17.9 Å². The first-order valence-corrected chi connectivity index (χ1v) is 10.0. The third-order valence-corrected chi connectivity index (χ3v) is 6.43. The zero-order valence-corrected chi connectivity index (χ0v) is 15.5. The summed E-state index contributed by atoms with van der Waals surface area (Å²) in [6.45, 7) is 2.25. The molecule has 0 atom stereocenters. The number of hydrogen-bond donors (Lipinski definition) is 2. The molecular formula is C17H18N2O4S2. The number of hydrogen-bond acceptors (Lipinski definition) is 5. The van der Waals surface area contributed by atoms with Crippen molar-refractivity contribution in [3.8, 4) is 0 Å². The van der Waals surface area contributed by atoms with Gasteiger partial charge in [-0.25, -0.2) is 17.9 Å². The van der Waals surface area contributed by atoms with E-state index in [4.69, 9.17) is 0 Å². The van der Waals surface area contributed by atoms with Crippen molar-refractivity contribution in [3.05, 3.63) is 51.8 Å². The van der Waals surface area contributed by atoms with Crippen LogP contribution in [0.25, 0.3) is 10.9 Å². The van der Waals surface area contributed by atoms with E-state index in [9.17, 15) is 13.2 Å². The van der Waals surface area contributed by atoms with Gasteiger partial charge in [0.2, 0.25) is 10.0 Å². The molecule has 2 N–H and O–H groups in total. The molecular weight excluding hydrogens is 360 g/mol. The molecule has 0 aliphatic heterocycles. The van der Waals surface area contributed by atoms with Crippen LogP contribution in [-0.4, -0.2) is 33.0 Å². The van der Waals surface area contributed by atoms with Crippen molar-refractivity contribution >= 4 is 38.2 Å². The highest BCUT2D eigenvalue weighted by Crippen LogP contribution is 2.23. The number of H-pyrrole nitrogens is 1. The van der Waals surface area contributed by atoms with Crippen molar-refractivity contribution in [2.45, 2.75) is 18.2 Å². The maximum atomic E-state index is 12.5. The predicted molar refractivity (Wildman–Crippen MR) is 97.6 cm³/mol. The second-order valence-electron chi connectivity index (χ2n) is 5.62. The summed E-state index contributed by atoms with van der Waals surface area (Å²) in [7, 11) is -2.54. The average molecular weight is 378 g/mol. The summed E-state index contributed by atoms with van der Waals surface area (Å²) in [6.07, 6.45) is 2.43. The second kappa shape index (κ2) is 6.99. The first-order valence-electron chi connectivity index (χ1n) is 7.64. The van der Waals surface area contributed by atoms with Gasteiger partial charge < -0.3 is 9.72 Å². The monoisotopic (exact) mass is 378 g/mol. The number of carbonyl (C=O) groups excluding carboxylic acids is 1. The summed E-state index contributed by atoms with van der Waals surface area (Å²) in [4.78, 5) is 14.9. The Kier molecular flexibility index (Phi) is 4.94. The van der Waals surface area contributed by atoms with Crippen molar-refractivity contribution in [2.24, 2.45) is 0 Å². The predicted octanol–water partition coefficient (Wildman–Crippen LogP) is 2.85. The van der Waals surface area contributed by atoms with Crippen LogP contribution in [0.2, 0.25) is 0 Å². The van der Waals surface area contributed by atoms with E-state index in [1.807, 2.05) is 25.3 Å². The molecule has 0 bridgehead atoms. The van der Waals surface area contributed by atoms with Crippen LogP contribution in [0.1, 0.15) is 20.8 Å². The summed E-state index contributed by atoms with van der Waals surface area (Å²) in [5.41, 5.74) is 3.21. The Balaban J connectivity index is 1.73. The average Bonchev–Trinajstić information content (AvgIpc) is 3.22. The largest absolute Gasteiger partial charge is 0.465 e. The van der Waals surface area contributed by atoms with E-state index in [1.54, 1.807) is 5.38 Å². The minimum Gasteiger partial charge on any atom is -0.465 e. The van der Waals surface area contributed by atoms with Gasteiger partial charge in [-0.3, -0.25) is 0 Å². The van der Waals surface area contributed by atoms with Gasteiger partial charge in [0.25, 0.3) is 0 Å². The molecule has 0 aliphatic carbocycles. The lowest BCUT2D eigenvalue weighted by Gasteiger charge is -2.07. The van der Waals surface area contributed by atoms with E-state index >= 15 is 0 Å². The van der Waals surface area contributed by atoms with Crippen molar-refractivity contribution in [1.29, 1.82) is 0 Å². The highest BCUT2D eigenvalue weighted by molar-refractivity contribution is 7.89. The number of aryl methyl sites for hydroxylation is 1. The third-order valence-electron chi connectivity index (χ3n) is 3.90. The first-order chi connectivity index (χ1) is 11.9. The lowest BCUT2D eigenvalue weighted by molar-refractivity contribution is 0.0602. The molecule has 3 rings (SSSR count). The highest BCUT2D eigenvalue weighted by atomic mass is 32.2. The number of benzene rings is 1. The molecule has 25 heavy (non-hydrogen) atoms. The van der Waals surface area contributed by atoms with Crippen LogP contribution in [0.3, 0.4) is 0 Å². The Labute approximate surface area is 149 Å². The van der Waals surface area contributed by atoms with Crippen LogP contribution < -0.4 is 4.72 Å². The summed E-state index contributed by atoms with van der Waals surface area (Å²) in [5, 5.41) is 2.65. The lowest BCUT2D eigenvalue weighted by Crippen LogP contribution is -2.27. The van der Waals surface area contributed by atoms with E-state index < -0.39 is 16.0 Å². The molecule has 0 amide bonds. The van der Waals surface area contributed by atoms with Gasteiger partial charge in [-0.05, 0) is 42.5 Å². The number of esters is 1. The van der Waals surface area contributed by atoms with Crippen molar-refractivity contribution in [2.75, 3.05) is 13.7 Å². The van der Waals surface area contributed by atoms with Crippen LogP contribution in [0.4, 0.5) is 0 Å². The van der Waals surface area contributed by atoms with Gasteiger partial charge in [0.15, 0.2) is 0 Å². The van der Waals surface area contributed by atoms with Crippen LogP contribution >= 0.6 is 11.3 Å². The number of rotatable bonds is 6. The number of thiophene rings is 1. The minimum atomic E-state index is -3.77. The van der Waals surface area contributed by atoms with Gasteiger partial charge in [-0.15, -0.1) is 11.3 Å². The number of methoxy groups -OCH3 is 1. The minimum absolute atomic E-state index is 0.0425. The first kappa shape index (κ1) is 17.7. The zero-order chi connectivity index (χ0) is 18.0. The fraction of sp³-hybridized carbons (Fsp3) is 0.235. The fourth-order valence-electron chi connectivity index (χ4n) is 2.65. The molecule has 0 saturated carbocycles. The molecule has 6 nitrogen and oxygen atoms in total. The summed E-state index contributed by atoms with van der Waals surface area (Å²) >= 11 is 1.05. The van der Waals surface area contributed by atoms with E-state index in [2.05, 4.69) is 20.5 Å². The summed E-state index contributed by atoms with van der Waals surface area (Å²) < 4.78 is 32.1. The van der Waals surface area contributed by atoms with Crippen LogP contribution in [0.5, 0.6) is 0 Å². The van der Waals surface area contributed by atoms with Gasteiger partial charge in [0, 0.05) is 23.6 Å². The van der Waals surface area contributed by atoms with Gasteiger partial charge in [0.05, 0.1) is 7.11 Å². The molecule has 1 aromatic carbocycles. The molecule has 132 valence electrons. The van der Waals surface area contributed by atoms with E-state index in [-0.39, 0.29) is 16.3 Å². The Bertz CT molecular complexity index is 1020. The topological polar surface area (TPSA) is 88.3 Å². The van der Waals surface area contributed by atoms with E-state index in [0.29, 0.717) is 6.42 Å². The van der Waals surface area contributed by atoms with Crippen LogP contribution in [0, 0.1) is 6.92 Å². The second-order valence-corrected chi connectivity index (χ2v) is 8.27. The Morgan fingerprint density at radius 1 is 1.32 bits per heavy atom. The van der Waals surface area contributed by atoms with E-state index in [0.717, 1.165) is 33.4 Å². The maximum absolute atomic E-state index is 12.5. The molecule has 2 aromatic heterocycles. The smallest absolute Gasteiger partial charge is 0.349 e. The lowest BCUT2D eigenvalue weighted by atomic mass is 10.1. The zero-order valence-electron chi connectivity index (χ0n) is 13.8. The highest BCUT2D eigenvalue weighted by Gasteiger charge is 2.24. The number of fused-ring (bicyclic) bond motifs is 1. The van der Waals surface area contributed by atoms with Gasteiger partial charge in [-0.2, -0.15) is 0 Å². The molecule has 3 aromatic rings. The molecule has 8 heteroatoms. The molecule has 0 aliphatic rings. The normalized spacial score (nSPS) is 11.8. The Morgan fingerprint density at radius 3 is 2.88 bits per heavy atom. The standard InChI is InChI=1S/C17H18N2O4S2/c1-11-3-4-14-13(9-11)12(10-18-14)5-7-19-25(21,22)15-6-8-24-16(15)17(20)23-2/h3-4,6,8-10,18-19H,5,7H2,1-2H3. The number of nitrogens with one attached hydrogen (secondary N) is 2. The molecule has 0 radical (unpaired) electrons. The fourth-order valence-corrected chi connectivity index (χ4v) is 5.01. The number of carbonyl (C=O) groups is 1. The molecule has 0 spiro atoms. The van der Waals surface area contributed by atoms with Gasteiger partial charge in [-0.1, -0.05) is 11.6 Å². The van der Waals surface area contributed by atoms with E-state index in [1.165, 1.54) is 13.2 Å². The van der Waals surface area contributed by atoms with Crippen molar-refractivity contribution in [1.82, 2.24) is 9.71 Å². The number of aromatic amines is 1. The number of ether oxygens (including phenoxy) is 1. The maximum Gasteiger partial charge on any atom is 0.349 e. The molecule has 2 heterocycles. The van der Waals surface area contributed by atoms with Crippen LogP contribution in [-0.2, 0) is 21.2 Å². The Hall–Kier alpha value is -2.16. The SMILES string of the molecule is COC(=O)c1sccc1S(=O)(=O)NCCc1c[nH]c2ccc(C)cc12. The molecule has 0 fully saturated rings. The Morgan fingerprint density at radius 2 is 2.12 bits per heavy atom. The summed E-state index contributed by atoms with van der Waals surface area (Å²) in [6, 6.07) is 7.51. The van der Waals surface area contributed by atoms with Gasteiger partial charge in [0.1, 0.15) is 9.77 Å². The summed E-state index contributed by atoms with van der Waals surface area (Å²) in [5.74, 6) is -0.650. The quantitative estimate of drug-likeness (QED) is 0.646. The van der Waals surface area contributed by atoms with Crippen molar-refractivity contribution in [3.63, 3.8) is 0 Å². The van der Waals surface area contributed by atoms with Crippen LogP contribution in [0.15, 0.2) is 40.7 Å². The third kappa shape index (κ3) is 3.60. The number of aromatic nitrogens is 1. The molecule has 0 unspecified atom stereocenters. The molecule has 0 saturated heterocycles.